The molecule has 2 heterocycles. The number of amides is 2. The monoisotopic (exact) mass is 344 g/mol. The van der Waals surface area contributed by atoms with E-state index in [9.17, 15) is 9.59 Å². The smallest absolute Gasteiger partial charge is 0.248 e. The number of nitrogens with zero attached hydrogens (tertiary/aromatic N) is 2. The first-order chi connectivity index (χ1) is 12.1. The van der Waals surface area contributed by atoms with Crippen LogP contribution in [-0.4, -0.2) is 60.5 Å². The number of fused-ring (bicyclic) bond motifs is 1. The van der Waals surface area contributed by atoms with E-state index >= 15 is 0 Å². The minimum Gasteiger partial charge on any atom is -0.375 e. The number of rotatable bonds is 3. The second-order valence-corrected chi connectivity index (χ2v) is 7.12. The Kier molecular flexibility index (Phi) is 5.74. The van der Waals surface area contributed by atoms with E-state index in [1.165, 1.54) is 5.56 Å². The van der Waals surface area contributed by atoms with Crippen LogP contribution in [0.4, 0.5) is 0 Å². The first-order valence-electron chi connectivity index (χ1n) is 9.24. The molecule has 0 spiro atoms. The van der Waals surface area contributed by atoms with Gasteiger partial charge in [0.1, 0.15) is 6.61 Å². The molecule has 25 heavy (non-hydrogen) atoms. The second-order valence-electron chi connectivity index (χ2n) is 7.12. The molecular weight excluding hydrogens is 316 g/mol. The van der Waals surface area contributed by atoms with E-state index in [1.54, 1.807) is 14.0 Å². The van der Waals surface area contributed by atoms with E-state index in [2.05, 4.69) is 12.1 Å². The third-order valence-electron chi connectivity index (χ3n) is 5.58. The maximum Gasteiger partial charge on any atom is 0.248 e. The minimum absolute atomic E-state index is 0.0278. The molecule has 1 aromatic rings. The van der Waals surface area contributed by atoms with Gasteiger partial charge < -0.3 is 14.5 Å². The maximum absolute atomic E-state index is 12.6. The average Bonchev–Trinajstić information content (AvgIpc) is 2.94. The molecule has 0 aliphatic carbocycles. The normalized spacial score (nSPS) is 26.7. The van der Waals surface area contributed by atoms with Crippen molar-refractivity contribution in [2.45, 2.75) is 50.6 Å². The molecule has 5 nitrogen and oxygen atoms in total. The van der Waals surface area contributed by atoms with Crippen LogP contribution in [0.1, 0.15) is 44.1 Å². The van der Waals surface area contributed by atoms with Crippen molar-refractivity contribution in [2.24, 2.45) is 0 Å². The fraction of sp³-hybridized carbons (Fsp3) is 0.600. The number of likely N-dealkylation sites (tertiary alicyclic amines) is 2. The molecule has 3 atom stereocenters. The summed E-state index contributed by atoms with van der Waals surface area (Å²) in [7, 11) is 1.56. The summed E-state index contributed by atoms with van der Waals surface area (Å²) in [5, 5.41) is 0. The zero-order valence-electron chi connectivity index (χ0n) is 15.2. The Labute approximate surface area is 149 Å². The maximum atomic E-state index is 12.6. The largest absolute Gasteiger partial charge is 0.375 e. The Bertz CT molecular complexity index is 604. The summed E-state index contributed by atoms with van der Waals surface area (Å²) in [5.74, 6) is 0.299. The van der Waals surface area contributed by atoms with Crippen molar-refractivity contribution in [3.63, 3.8) is 0 Å². The van der Waals surface area contributed by atoms with Crippen molar-refractivity contribution in [1.82, 2.24) is 9.80 Å². The SMILES string of the molecule is COCC(=O)N1C[C@@H](c2ccccc2)[C@H]2[C@H]1CCCCCN2C(C)=O. The number of hydrogen-bond donors (Lipinski definition) is 0. The van der Waals surface area contributed by atoms with Crippen LogP contribution in [-0.2, 0) is 14.3 Å². The van der Waals surface area contributed by atoms with Gasteiger partial charge in [0.25, 0.3) is 0 Å². The minimum atomic E-state index is 0.0278. The fourth-order valence-electron chi connectivity index (χ4n) is 4.48. The van der Waals surface area contributed by atoms with Gasteiger partial charge in [0.2, 0.25) is 11.8 Å². The summed E-state index contributed by atoms with van der Waals surface area (Å²) in [6, 6.07) is 10.4. The highest BCUT2D eigenvalue weighted by Gasteiger charge is 2.47. The molecule has 0 unspecified atom stereocenters. The molecule has 2 aliphatic heterocycles. The standard InChI is InChI=1S/C20H28N2O3/c1-15(23)21-12-8-4-7-11-18-20(21)17(16-9-5-3-6-10-16)13-22(18)19(24)14-25-2/h3,5-6,9-10,17-18,20H,4,7-8,11-14H2,1-2H3/t17-,18+,20-/m0/s1. The van der Waals surface area contributed by atoms with Gasteiger partial charge in [0, 0.05) is 33.0 Å². The average molecular weight is 344 g/mol. The molecule has 2 fully saturated rings. The van der Waals surface area contributed by atoms with Crippen LogP contribution in [0.3, 0.4) is 0 Å². The lowest BCUT2D eigenvalue weighted by atomic mass is 9.87. The number of carbonyl (C=O) groups excluding carboxylic acids is 2. The van der Waals surface area contributed by atoms with Crippen LogP contribution >= 0.6 is 0 Å². The van der Waals surface area contributed by atoms with Gasteiger partial charge >= 0.3 is 0 Å². The zero-order chi connectivity index (χ0) is 17.8. The topological polar surface area (TPSA) is 49.9 Å². The van der Waals surface area contributed by atoms with Gasteiger partial charge in [0.05, 0.1) is 12.1 Å². The van der Waals surface area contributed by atoms with Gasteiger partial charge in [-0.05, 0) is 18.4 Å². The molecule has 0 radical (unpaired) electrons. The van der Waals surface area contributed by atoms with E-state index in [0.29, 0.717) is 6.54 Å². The van der Waals surface area contributed by atoms with Crippen molar-refractivity contribution in [3.05, 3.63) is 35.9 Å². The molecule has 0 N–H and O–H groups in total. The molecule has 0 aromatic heterocycles. The summed E-state index contributed by atoms with van der Waals surface area (Å²) in [6.45, 7) is 3.20. The zero-order valence-corrected chi connectivity index (χ0v) is 15.2. The van der Waals surface area contributed by atoms with Crippen molar-refractivity contribution in [3.8, 4) is 0 Å². The first kappa shape index (κ1) is 17.9. The lowest BCUT2D eigenvalue weighted by Crippen LogP contribution is -2.51. The van der Waals surface area contributed by atoms with E-state index in [0.717, 1.165) is 32.2 Å². The van der Waals surface area contributed by atoms with Crippen molar-refractivity contribution in [1.29, 1.82) is 0 Å². The lowest BCUT2D eigenvalue weighted by Gasteiger charge is -2.38. The highest BCUT2D eigenvalue weighted by Crippen LogP contribution is 2.39. The van der Waals surface area contributed by atoms with Crippen LogP contribution in [0.2, 0.25) is 0 Å². The molecule has 2 amide bonds. The van der Waals surface area contributed by atoms with Gasteiger partial charge in [-0.1, -0.05) is 43.2 Å². The van der Waals surface area contributed by atoms with E-state index in [-0.39, 0.29) is 36.4 Å². The van der Waals surface area contributed by atoms with Gasteiger partial charge in [-0.3, -0.25) is 9.59 Å². The Balaban J connectivity index is 1.98. The summed E-state index contributed by atoms with van der Waals surface area (Å²) in [4.78, 5) is 29.0. The number of hydrogen-bond acceptors (Lipinski definition) is 3. The molecule has 2 saturated heterocycles. The van der Waals surface area contributed by atoms with E-state index in [1.807, 2.05) is 28.0 Å². The Morgan fingerprint density at radius 1 is 1.12 bits per heavy atom. The highest BCUT2D eigenvalue weighted by molar-refractivity contribution is 5.79. The third kappa shape index (κ3) is 3.71. The molecule has 1 aromatic carbocycles. The summed E-state index contributed by atoms with van der Waals surface area (Å²) in [6.07, 6.45) is 4.20. The number of carbonyl (C=O) groups is 2. The molecular formula is C20H28N2O3. The molecule has 2 aliphatic rings. The van der Waals surface area contributed by atoms with Crippen LogP contribution in [0.5, 0.6) is 0 Å². The third-order valence-corrected chi connectivity index (χ3v) is 5.58. The van der Waals surface area contributed by atoms with Gasteiger partial charge in [-0.15, -0.1) is 0 Å². The van der Waals surface area contributed by atoms with E-state index < -0.39 is 0 Å². The number of methoxy groups -OCH3 is 1. The van der Waals surface area contributed by atoms with Crippen molar-refractivity contribution in [2.75, 3.05) is 26.8 Å². The summed E-state index contributed by atoms with van der Waals surface area (Å²) < 4.78 is 5.10. The van der Waals surface area contributed by atoms with Crippen molar-refractivity contribution >= 4 is 11.8 Å². The number of ether oxygens (including phenoxy) is 1. The van der Waals surface area contributed by atoms with Crippen LogP contribution in [0, 0.1) is 0 Å². The van der Waals surface area contributed by atoms with E-state index in [4.69, 9.17) is 4.74 Å². The van der Waals surface area contributed by atoms with Gasteiger partial charge in [-0.2, -0.15) is 0 Å². The quantitative estimate of drug-likeness (QED) is 0.846. The molecule has 5 heteroatoms. The Morgan fingerprint density at radius 3 is 2.56 bits per heavy atom. The summed E-state index contributed by atoms with van der Waals surface area (Å²) >= 11 is 0. The van der Waals surface area contributed by atoms with Crippen LogP contribution < -0.4 is 0 Å². The second kappa shape index (κ2) is 8.00. The summed E-state index contributed by atoms with van der Waals surface area (Å²) in [5.41, 5.74) is 1.21. The predicted octanol–water partition coefficient (Wildman–Crippen LogP) is 2.42. The molecule has 0 bridgehead atoms. The van der Waals surface area contributed by atoms with Crippen molar-refractivity contribution < 1.29 is 14.3 Å². The van der Waals surface area contributed by atoms with Crippen LogP contribution in [0.15, 0.2) is 30.3 Å². The highest BCUT2D eigenvalue weighted by atomic mass is 16.5. The van der Waals surface area contributed by atoms with Gasteiger partial charge in [0.15, 0.2) is 0 Å². The fourth-order valence-corrected chi connectivity index (χ4v) is 4.48. The first-order valence-corrected chi connectivity index (χ1v) is 9.24. The Hall–Kier alpha value is -1.88. The molecule has 3 rings (SSSR count). The predicted molar refractivity (Wildman–Crippen MR) is 96.2 cm³/mol. The number of benzene rings is 1. The lowest BCUT2D eigenvalue weighted by molar-refractivity contribution is -0.139. The molecule has 0 saturated carbocycles. The molecule has 136 valence electrons. The van der Waals surface area contributed by atoms with Crippen LogP contribution in [0.25, 0.3) is 0 Å². The Morgan fingerprint density at radius 2 is 1.88 bits per heavy atom. The van der Waals surface area contributed by atoms with Gasteiger partial charge in [-0.25, -0.2) is 0 Å².